The third-order valence-electron chi connectivity index (χ3n) is 2.54. The molecule has 1 aromatic heterocycles. The van der Waals surface area contributed by atoms with Gasteiger partial charge >= 0.3 is 5.69 Å². The van der Waals surface area contributed by atoms with E-state index >= 15 is 0 Å². The first-order valence-electron chi connectivity index (χ1n) is 5.12. The van der Waals surface area contributed by atoms with Gasteiger partial charge in [-0.1, -0.05) is 12.2 Å². The van der Waals surface area contributed by atoms with Crippen LogP contribution in [0, 0.1) is 31.8 Å². The maximum atomic E-state index is 10.8. The second-order valence-electron chi connectivity index (χ2n) is 3.76. The molecule has 0 saturated heterocycles. The zero-order valence-electron chi connectivity index (χ0n) is 9.69. The molecule has 2 rings (SSSR count). The number of nitro benzene ring substituents is 1. The first-order valence-corrected chi connectivity index (χ1v) is 5.53. The van der Waals surface area contributed by atoms with Gasteiger partial charge < -0.3 is 0 Å². The van der Waals surface area contributed by atoms with Crippen molar-refractivity contribution in [2.24, 2.45) is 0 Å². The van der Waals surface area contributed by atoms with E-state index in [2.05, 4.69) is 5.10 Å². The van der Waals surface area contributed by atoms with Crippen LogP contribution in [0.3, 0.4) is 0 Å². The minimum Gasteiger partial charge on any atom is -0.290 e. The number of aromatic nitrogens is 2. The third kappa shape index (κ3) is 2.22. The molecular weight excluding hydrogens is 272 g/mol. The van der Waals surface area contributed by atoms with Crippen molar-refractivity contribution in [3.8, 4) is 5.69 Å². The normalized spacial score (nSPS) is 10.4. The molecule has 1 N–H and O–H groups in total. The van der Waals surface area contributed by atoms with Gasteiger partial charge in [0.05, 0.1) is 15.5 Å². The van der Waals surface area contributed by atoms with Crippen LogP contribution in [0.25, 0.3) is 5.69 Å². The summed E-state index contributed by atoms with van der Waals surface area (Å²) in [7, 11) is 0. The molecule has 1 heterocycles. The Labute approximate surface area is 111 Å². The van der Waals surface area contributed by atoms with E-state index in [1.807, 2.05) is 0 Å². The Hall–Kier alpha value is -2.55. The Bertz CT molecular complexity index is 716. The average Bonchev–Trinajstić information content (AvgIpc) is 2.65. The molecule has 0 radical (unpaired) electrons. The third-order valence-corrected chi connectivity index (χ3v) is 2.92. The first kappa shape index (κ1) is 12.9. The van der Waals surface area contributed by atoms with Crippen molar-refractivity contribution in [1.82, 2.24) is 9.78 Å². The van der Waals surface area contributed by atoms with Gasteiger partial charge in [0, 0.05) is 12.1 Å². The molecule has 2 aromatic rings. The molecule has 0 fully saturated rings. The number of aromatic amines is 1. The Morgan fingerprint density at radius 3 is 2.16 bits per heavy atom. The van der Waals surface area contributed by atoms with Crippen LogP contribution in [0.4, 0.5) is 11.4 Å². The van der Waals surface area contributed by atoms with E-state index in [0.717, 1.165) is 0 Å². The summed E-state index contributed by atoms with van der Waals surface area (Å²) in [6, 6.07) is 5.54. The van der Waals surface area contributed by atoms with Crippen molar-refractivity contribution in [2.45, 2.75) is 6.92 Å². The van der Waals surface area contributed by atoms with Crippen molar-refractivity contribution in [3.05, 3.63) is 54.8 Å². The van der Waals surface area contributed by atoms with Crippen LogP contribution in [0.1, 0.15) is 5.69 Å². The molecule has 0 amide bonds. The Morgan fingerprint density at radius 2 is 1.74 bits per heavy atom. The number of aryl methyl sites for hydroxylation is 1. The van der Waals surface area contributed by atoms with E-state index in [0.29, 0.717) is 11.4 Å². The van der Waals surface area contributed by atoms with Gasteiger partial charge in [-0.05, 0) is 19.1 Å². The second kappa shape index (κ2) is 4.61. The largest absolute Gasteiger partial charge is 0.326 e. The van der Waals surface area contributed by atoms with Crippen molar-refractivity contribution < 1.29 is 9.85 Å². The van der Waals surface area contributed by atoms with Gasteiger partial charge in [-0.25, -0.2) is 4.68 Å². The van der Waals surface area contributed by atoms with Crippen LogP contribution in [0.5, 0.6) is 0 Å². The van der Waals surface area contributed by atoms with Gasteiger partial charge in [-0.15, -0.1) is 0 Å². The van der Waals surface area contributed by atoms with E-state index in [1.165, 1.54) is 35.9 Å². The molecule has 0 aliphatic heterocycles. The van der Waals surface area contributed by atoms with Crippen LogP contribution in [0.15, 0.2) is 24.3 Å². The molecule has 0 bridgehead atoms. The highest BCUT2D eigenvalue weighted by atomic mass is 32.1. The van der Waals surface area contributed by atoms with Crippen LogP contribution < -0.4 is 0 Å². The molecule has 0 spiro atoms. The fourth-order valence-corrected chi connectivity index (χ4v) is 2.04. The summed E-state index contributed by atoms with van der Waals surface area (Å²) < 4.78 is 1.36. The zero-order valence-corrected chi connectivity index (χ0v) is 10.5. The molecule has 1 aromatic carbocycles. The molecule has 0 aliphatic carbocycles. The predicted octanol–water partition coefficient (Wildman–Crippen LogP) is 2.66. The van der Waals surface area contributed by atoms with Crippen LogP contribution >= 0.6 is 12.2 Å². The number of nitrogens with zero attached hydrogens (tertiary/aromatic N) is 3. The molecule has 8 nitrogen and oxygen atoms in total. The van der Waals surface area contributed by atoms with Gasteiger partial charge in [-0.3, -0.25) is 25.3 Å². The second-order valence-corrected chi connectivity index (χ2v) is 4.14. The van der Waals surface area contributed by atoms with Crippen LogP contribution in [-0.2, 0) is 0 Å². The molecule has 0 unspecified atom stereocenters. The monoisotopic (exact) mass is 280 g/mol. The average molecular weight is 280 g/mol. The number of hydrogen-bond donors (Lipinski definition) is 1. The van der Waals surface area contributed by atoms with Crippen molar-refractivity contribution in [3.63, 3.8) is 0 Å². The molecular formula is C10H8N4O4S. The number of nitro groups is 2. The summed E-state index contributed by atoms with van der Waals surface area (Å²) in [6.07, 6.45) is 0. The summed E-state index contributed by atoms with van der Waals surface area (Å²) in [6.45, 7) is 1.54. The lowest BCUT2D eigenvalue weighted by molar-refractivity contribution is -0.386. The summed E-state index contributed by atoms with van der Waals surface area (Å²) in [5, 5.41) is 24.2. The summed E-state index contributed by atoms with van der Waals surface area (Å²) in [4.78, 5) is 20.3. The topological polar surface area (TPSA) is 107 Å². The molecule has 0 saturated carbocycles. The minimum absolute atomic E-state index is 0.0244. The maximum absolute atomic E-state index is 10.8. The maximum Gasteiger partial charge on any atom is 0.326 e. The first-order chi connectivity index (χ1) is 8.91. The SMILES string of the molecule is Cc1[nH]n(-c2ccc([N+](=O)[O-])cc2)c(=S)c1[N+](=O)[O-]. The molecule has 0 atom stereocenters. The van der Waals surface area contributed by atoms with E-state index in [4.69, 9.17) is 12.2 Å². The quantitative estimate of drug-likeness (QED) is 0.528. The van der Waals surface area contributed by atoms with Gasteiger partial charge in [0.1, 0.15) is 5.69 Å². The van der Waals surface area contributed by atoms with Gasteiger partial charge in [0.15, 0.2) is 0 Å². The highest BCUT2D eigenvalue weighted by Crippen LogP contribution is 2.22. The highest BCUT2D eigenvalue weighted by molar-refractivity contribution is 7.71. The Morgan fingerprint density at radius 1 is 1.16 bits per heavy atom. The lowest BCUT2D eigenvalue weighted by Gasteiger charge is -2.01. The molecule has 9 heteroatoms. The fourth-order valence-electron chi connectivity index (χ4n) is 1.66. The number of non-ortho nitro benzene ring substituents is 1. The van der Waals surface area contributed by atoms with Crippen molar-refractivity contribution in [1.29, 1.82) is 0 Å². The van der Waals surface area contributed by atoms with Crippen molar-refractivity contribution in [2.75, 3.05) is 0 Å². The van der Waals surface area contributed by atoms with Gasteiger partial charge in [0.2, 0.25) is 4.64 Å². The lowest BCUT2D eigenvalue weighted by Crippen LogP contribution is -1.97. The van der Waals surface area contributed by atoms with Gasteiger partial charge in [0.25, 0.3) is 5.69 Å². The van der Waals surface area contributed by atoms with Crippen molar-refractivity contribution >= 4 is 23.6 Å². The Kier molecular flexibility index (Phi) is 3.13. The summed E-state index contributed by atoms with van der Waals surface area (Å²) >= 11 is 5.01. The summed E-state index contributed by atoms with van der Waals surface area (Å²) in [5.74, 6) is 0. The number of H-pyrrole nitrogens is 1. The van der Waals surface area contributed by atoms with E-state index in [-0.39, 0.29) is 16.0 Å². The van der Waals surface area contributed by atoms with Crippen LogP contribution in [0.2, 0.25) is 0 Å². The number of benzene rings is 1. The zero-order chi connectivity index (χ0) is 14.2. The number of hydrogen-bond acceptors (Lipinski definition) is 5. The number of rotatable bonds is 3. The predicted molar refractivity (Wildman–Crippen MR) is 69.0 cm³/mol. The smallest absolute Gasteiger partial charge is 0.290 e. The van der Waals surface area contributed by atoms with E-state index < -0.39 is 9.85 Å². The van der Waals surface area contributed by atoms with E-state index in [1.54, 1.807) is 0 Å². The van der Waals surface area contributed by atoms with E-state index in [9.17, 15) is 20.2 Å². The lowest BCUT2D eigenvalue weighted by atomic mass is 10.3. The molecule has 19 heavy (non-hydrogen) atoms. The standard InChI is InChI=1S/C10H8N4O4S/c1-6-9(14(17)18)10(19)12(11-6)7-2-4-8(5-3-7)13(15)16/h2-5,11H,1H3. The minimum atomic E-state index is -0.559. The molecule has 0 aliphatic rings. The van der Waals surface area contributed by atoms with Gasteiger partial charge in [-0.2, -0.15) is 0 Å². The molecule has 98 valence electrons. The van der Waals surface area contributed by atoms with Crippen LogP contribution in [-0.4, -0.2) is 19.6 Å². The highest BCUT2D eigenvalue weighted by Gasteiger charge is 2.19. The fraction of sp³-hybridized carbons (Fsp3) is 0.100. The summed E-state index contributed by atoms with van der Waals surface area (Å²) in [5.41, 5.74) is 0.585. The Balaban J connectivity index is 2.54. The number of nitrogens with one attached hydrogen (secondary N) is 1.